The summed E-state index contributed by atoms with van der Waals surface area (Å²) in [6.45, 7) is 7.07. The van der Waals surface area contributed by atoms with Crippen molar-refractivity contribution < 1.29 is 4.74 Å². The molecule has 0 spiro atoms. The first-order valence-electron chi connectivity index (χ1n) is 6.03. The van der Waals surface area contributed by atoms with Crippen LogP contribution in [0.3, 0.4) is 0 Å². The van der Waals surface area contributed by atoms with Gasteiger partial charge in [-0.15, -0.1) is 0 Å². The SMILES string of the molecule is CC1(C)CC1NCCOCc1ccccc1. The van der Waals surface area contributed by atoms with E-state index in [2.05, 4.69) is 31.3 Å². The summed E-state index contributed by atoms with van der Waals surface area (Å²) in [5.74, 6) is 0. The number of nitrogens with one attached hydrogen (secondary N) is 1. The molecule has 0 aromatic heterocycles. The molecule has 16 heavy (non-hydrogen) atoms. The van der Waals surface area contributed by atoms with Crippen LogP contribution in [0.5, 0.6) is 0 Å². The number of hydrogen-bond acceptors (Lipinski definition) is 2. The highest BCUT2D eigenvalue weighted by molar-refractivity contribution is 5.13. The van der Waals surface area contributed by atoms with Crippen molar-refractivity contribution in [1.82, 2.24) is 5.32 Å². The lowest BCUT2D eigenvalue weighted by atomic mass is 10.2. The third-order valence-electron chi connectivity index (χ3n) is 3.26. The molecule has 1 saturated carbocycles. The average molecular weight is 219 g/mol. The van der Waals surface area contributed by atoms with Crippen molar-refractivity contribution in [2.75, 3.05) is 13.2 Å². The fraction of sp³-hybridized carbons (Fsp3) is 0.571. The van der Waals surface area contributed by atoms with Crippen LogP contribution in [0, 0.1) is 5.41 Å². The van der Waals surface area contributed by atoms with Crippen LogP contribution in [0.25, 0.3) is 0 Å². The van der Waals surface area contributed by atoms with Gasteiger partial charge in [0.1, 0.15) is 0 Å². The molecule has 0 radical (unpaired) electrons. The quantitative estimate of drug-likeness (QED) is 0.743. The monoisotopic (exact) mass is 219 g/mol. The molecule has 1 aromatic rings. The third-order valence-corrected chi connectivity index (χ3v) is 3.26. The Morgan fingerprint density at radius 2 is 2.00 bits per heavy atom. The zero-order valence-corrected chi connectivity index (χ0v) is 10.2. The molecule has 88 valence electrons. The molecule has 0 saturated heterocycles. The maximum atomic E-state index is 5.60. The minimum absolute atomic E-state index is 0.513. The summed E-state index contributed by atoms with van der Waals surface area (Å²) in [6.07, 6.45) is 1.30. The predicted octanol–water partition coefficient (Wildman–Crippen LogP) is 2.59. The van der Waals surface area contributed by atoms with Gasteiger partial charge >= 0.3 is 0 Å². The first-order valence-corrected chi connectivity index (χ1v) is 6.03. The van der Waals surface area contributed by atoms with Gasteiger partial charge in [-0.25, -0.2) is 0 Å². The lowest BCUT2D eigenvalue weighted by molar-refractivity contribution is 0.122. The molecule has 1 fully saturated rings. The normalized spacial score (nSPS) is 22.0. The number of rotatable bonds is 6. The van der Waals surface area contributed by atoms with Crippen molar-refractivity contribution in [2.45, 2.75) is 32.9 Å². The molecule has 1 aliphatic rings. The molecule has 1 aliphatic carbocycles. The standard InChI is InChI=1S/C14H21NO/c1-14(2)10-13(14)15-8-9-16-11-12-6-4-3-5-7-12/h3-7,13,15H,8-11H2,1-2H3. The number of benzene rings is 1. The highest BCUT2D eigenvalue weighted by atomic mass is 16.5. The third kappa shape index (κ3) is 3.32. The topological polar surface area (TPSA) is 21.3 Å². The molecule has 2 nitrogen and oxygen atoms in total. The zero-order chi connectivity index (χ0) is 11.4. The Balaban J connectivity index is 1.53. The van der Waals surface area contributed by atoms with E-state index in [9.17, 15) is 0 Å². The summed E-state index contributed by atoms with van der Waals surface area (Å²) in [5.41, 5.74) is 1.76. The second kappa shape index (κ2) is 4.98. The molecule has 2 heteroatoms. The fourth-order valence-corrected chi connectivity index (χ4v) is 1.89. The van der Waals surface area contributed by atoms with Crippen molar-refractivity contribution in [2.24, 2.45) is 5.41 Å². The van der Waals surface area contributed by atoms with E-state index in [0.717, 1.165) is 19.8 Å². The van der Waals surface area contributed by atoms with Gasteiger partial charge in [0, 0.05) is 12.6 Å². The van der Waals surface area contributed by atoms with E-state index in [1.807, 2.05) is 18.2 Å². The van der Waals surface area contributed by atoms with Gasteiger partial charge in [-0.1, -0.05) is 44.2 Å². The van der Waals surface area contributed by atoms with Gasteiger partial charge < -0.3 is 10.1 Å². The summed E-state index contributed by atoms with van der Waals surface area (Å²) >= 11 is 0. The van der Waals surface area contributed by atoms with Gasteiger partial charge in [0.15, 0.2) is 0 Å². The summed E-state index contributed by atoms with van der Waals surface area (Å²) in [4.78, 5) is 0. The zero-order valence-electron chi connectivity index (χ0n) is 10.2. The molecule has 0 heterocycles. The second-order valence-corrected chi connectivity index (χ2v) is 5.24. The lowest BCUT2D eigenvalue weighted by Gasteiger charge is -2.07. The Hall–Kier alpha value is -0.860. The lowest BCUT2D eigenvalue weighted by Crippen LogP contribution is -2.24. The van der Waals surface area contributed by atoms with Crippen LogP contribution >= 0.6 is 0 Å². The van der Waals surface area contributed by atoms with Gasteiger partial charge in [-0.2, -0.15) is 0 Å². The maximum Gasteiger partial charge on any atom is 0.0717 e. The van der Waals surface area contributed by atoms with Gasteiger partial charge in [0.2, 0.25) is 0 Å². The Morgan fingerprint density at radius 3 is 2.62 bits per heavy atom. The Morgan fingerprint density at radius 1 is 1.31 bits per heavy atom. The molecule has 0 bridgehead atoms. The van der Waals surface area contributed by atoms with Crippen molar-refractivity contribution in [3.63, 3.8) is 0 Å². The minimum Gasteiger partial charge on any atom is -0.375 e. The molecule has 0 aliphatic heterocycles. The van der Waals surface area contributed by atoms with Gasteiger partial charge in [0.25, 0.3) is 0 Å². The first kappa shape index (κ1) is 11.6. The van der Waals surface area contributed by atoms with E-state index in [1.165, 1.54) is 12.0 Å². The molecular formula is C14H21NO. The highest BCUT2D eigenvalue weighted by Crippen LogP contribution is 2.44. The molecule has 1 atom stereocenters. The van der Waals surface area contributed by atoms with Gasteiger partial charge in [-0.3, -0.25) is 0 Å². The van der Waals surface area contributed by atoms with Crippen LogP contribution in [0.4, 0.5) is 0 Å². The van der Waals surface area contributed by atoms with E-state index in [1.54, 1.807) is 0 Å². The molecule has 1 aromatic carbocycles. The van der Waals surface area contributed by atoms with Crippen LogP contribution < -0.4 is 5.32 Å². The largest absolute Gasteiger partial charge is 0.375 e. The van der Waals surface area contributed by atoms with Gasteiger partial charge in [-0.05, 0) is 17.4 Å². The molecule has 0 amide bonds. The Bertz CT molecular complexity index is 321. The first-order chi connectivity index (χ1) is 7.68. The van der Waals surface area contributed by atoms with Crippen LogP contribution in [0.1, 0.15) is 25.8 Å². The van der Waals surface area contributed by atoms with Crippen LogP contribution in [0.2, 0.25) is 0 Å². The van der Waals surface area contributed by atoms with Crippen molar-refractivity contribution in [1.29, 1.82) is 0 Å². The van der Waals surface area contributed by atoms with Crippen LogP contribution in [-0.4, -0.2) is 19.2 Å². The van der Waals surface area contributed by atoms with E-state index >= 15 is 0 Å². The Kier molecular flexibility index (Phi) is 3.62. The molecular weight excluding hydrogens is 198 g/mol. The highest BCUT2D eigenvalue weighted by Gasteiger charge is 2.44. The summed E-state index contributed by atoms with van der Waals surface area (Å²) in [7, 11) is 0. The smallest absolute Gasteiger partial charge is 0.0717 e. The maximum absolute atomic E-state index is 5.60. The molecule has 1 N–H and O–H groups in total. The van der Waals surface area contributed by atoms with E-state index < -0.39 is 0 Å². The van der Waals surface area contributed by atoms with Crippen molar-refractivity contribution >= 4 is 0 Å². The van der Waals surface area contributed by atoms with Gasteiger partial charge in [0.05, 0.1) is 13.2 Å². The summed E-state index contributed by atoms with van der Waals surface area (Å²) in [5, 5.41) is 3.51. The fourth-order valence-electron chi connectivity index (χ4n) is 1.89. The van der Waals surface area contributed by atoms with Crippen molar-refractivity contribution in [3.8, 4) is 0 Å². The number of ether oxygens (including phenoxy) is 1. The Labute approximate surface area is 98.0 Å². The van der Waals surface area contributed by atoms with E-state index in [0.29, 0.717) is 11.5 Å². The molecule has 2 rings (SSSR count). The minimum atomic E-state index is 0.513. The van der Waals surface area contributed by atoms with E-state index in [-0.39, 0.29) is 0 Å². The number of hydrogen-bond donors (Lipinski definition) is 1. The average Bonchev–Trinajstić information content (AvgIpc) is 2.87. The predicted molar refractivity (Wildman–Crippen MR) is 66.3 cm³/mol. The van der Waals surface area contributed by atoms with Crippen LogP contribution in [-0.2, 0) is 11.3 Å². The van der Waals surface area contributed by atoms with E-state index in [4.69, 9.17) is 4.74 Å². The molecule has 1 unspecified atom stereocenters. The van der Waals surface area contributed by atoms with Crippen molar-refractivity contribution in [3.05, 3.63) is 35.9 Å². The summed E-state index contributed by atoms with van der Waals surface area (Å²) < 4.78 is 5.60. The second-order valence-electron chi connectivity index (χ2n) is 5.24. The van der Waals surface area contributed by atoms with Crippen LogP contribution in [0.15, 0.2) is 30.3 Å². The summed E-state index contributed by atoms with van der Waals surface area (Å²) in [6, 6.07) is 11.0.